The lowest BCUT2D eigenvalue weighted by Gasteiger charge is -2.28. The normalized spacial score (nSPS) is 12.6. The molecule has 4 aromatic rings. The molecule has 40 heavy (non-hydrogen) atoms. The third-order valence-corrected chi connectivity index (χ3v) is 8.02. The lowest BCUT2D eigenvalue weighted by molar-refractivity contribution is -0.115. The molecule has 1 amide bonds. The van der Waals surface area contributed by atoms with E-state index in [-0.39, 0.29) is 22.8 Å². The number of fused-ring (bicyclic) bond motifs is 1. The van der Waals surface area contributed by atoms with Crippen molar-refractivity contribution in [2.45, 2.75) is 49.8 Å². The number of β-amino-alcohol motifs (C(OH)–C–C–N with tert-alkyl or cyclic N) is 1. The van der Waals surface area contributed by atoms with Gasteiger partial charge in [-0.1, -0.05) is 30.3 Å². The predicted octanol–water partition coefficient (Wildman–Crippen LogP) is 4.79. The first-order valence-corrected chi connectivity index (χ1v) is 14.4. The lowest BCUT2D eigenvalue weighted by atomic mass is 9.99. The van der Waals surface area contributed by atoms with E-state index in [1.807, 2.05) is 36.5 Å². The number of carbonyl (C=O) groups excluding carboxylic acids is 1. The minimum absolute atomic E-state index is 0.169. The summed E-state index contributed by atoms with van der Waals surface area (Å²) >= 11 is 0. The van der Waals surface area contributed by atoms with Gasteiger partial charge in [-0.2, -0.15) is 5.26 Å². The van der Waals surface area contributed by atoms with Gasteiger partial charge in [0.25, 0.3) is 10.0 Å². The summed E-state index contributed by atoms with van der Waals surface area (Å²) in [7, 11) is -3.73. The molecule has 0 saturated carbocycles. The molecule has 0 bridgehead atoms. The summed E-state index contributed by atoms with van der Waals surface area (Å²) in [5.74, 6) is -0.337. The van der Waals surface area contributed by atoms with E-state index >= 15 is 0 Å². The number of aliphatic hydroxyl groups excluding tert-OH is 1. The summed E-state index contributed by atoms with van der Waals surface area (Å²) in [4.78, 5) is 11.9. The summed E-state index contributed by atoms with van der Waals surface area (Å²) in [6.07, 6.45) is 1.76. The molecule has 0 aliphatic carbocycles. The van der Waals surface area contributed by atoms with Crippen LogP contribution in [-0.2, 0) is 21.4 Å². The Kier molecular flexibility index (Phi) is 8.90. The minimum Gasteiger partial charge on any atom is -0.387 e. The van der Waals surface area contributed by atoms with Crippen LogP contribution >= 0.6 is 0 Å². The summed E-state index contributed by atoms with van der Waals surface area (Å²) < 4.78 is 30.0. The molecule has 0 aliphatic heterocycles. The van der Waals surface area contributed by atoms with Gasteiger partial charge in [-0.05, 0) is 74.4 Å². The number of aliphatic hydroxyl groups is 1. The number of amides is 1. The van der Waals surface area contributed by atoms with Crippen LogP contribution in [0.1, 0.15) is 38.4 Å². The van der Waals surface area contributed by atoms with Gasteiger partial charge in [-0.3, -0.25) is 9.52 Å². The third kappa shape index (κ3) is 7.48. The number of anilines is 2. The summed E-state index contributed by atoms with van der Waals surface area (Å²) in [5.41, 5.74) is 2.37. The van der Waals surface area contributed by atoms with Crippen LogP contribution in [0.15, 0.2) is 90.0 Å². The fourth-order valence-corrected chi connectivity index (χ4v) is 5.42. The summed E-state index contributed by atoms with van der Waals surface area (Å²) in [5, 5.41) is 26.7. The maximum Gasteiger partial charge on any atom is 0.261 e. The van der Waals surface area contributed by atoms with Crippen LogP contribution in [0.4, 0.5) is 11.4 Å². The highest BCUT2D eigenvalue weighted by atomic mass is 32.2. The first kappa shape index (κ1) is 28.8. The van der Waals surface area contributed by atoms with Crippen LogP contribution in [-0.4, -0.2) is 36.1 Å². The molecule has 0 radical (unpaired) electrons. The van der Waals surface area contributed by atoms with E-state index in [9.17, 15) is 18.3 Å². The Labute approximate surface area is 234 Å². The smallest absolute Gasteiger partial charge is 0.261 e. The number of carbonyl (C=O) groups is 1. The van der Waals surface area contributed by atoms with E-state index in [1.54, 1.807) is 42.5 Å². The van der Waals surface area contributed by atoms with Gasteiger partial charge in [0.05, 0.1) is 17.1 Å². The molecule has 3 aromatic carbocycles. The Morgan fingerprint density at radius 2 is 1.80 bits per heavy atom. The molecule has 4 rings (SSSR count). The Morgan fingerprint density at radius 1 is 1.02 bits per heavy atom. The second-order valence-corrected chi connectivity index (χ2v) is 11.9. The van der Waals surface area contributed by atoms with Gasteiger partial charge in [0.1, 0.15) is 6.42 Å². The van der Waals surface area contributed by atoms with Gasteiger partial charge < -0.3 is 20.3 Å². The van der Waals surface area contributed by atoms with Crippen LogP contribution in [0, 0.1) is 11.3 Å². The Morgan fingerprint density at radius 3 is 2.55 bits per heavy atom. The molecular weight excluding hydrogens is 526 g/mol. The molecule has 9 nitrogen and oxygen atoms in total. The Hall–Kier alpha value is -4.17. The molecule has 1 atom stereocenters. The second-order valence-electron chi connectivity index (χ2n) is 10.2. The number of aryl methyl sites for hydroxylation is 1. The predicted molar refractivity (Wildman–Crippen MR) is 156 cm³/mol. The molecule has 1 aromatic heterocycles. The minimum atomic E-state index is -3.73. The molecule has 208 valence electrons. The molecule has 0 fully saturated rings. The van der Waals surface area contributed by atoms with Crippen molar-refractivity contribution in [1.29, 1.82) is 5.26 Å². The number of nitriles is 1. The highest BCUT2D eigenvalue weighted by Crippen LogP contribution is 2.24. The highest BCUT2D eigenvalue weighted by Gasteiger charge is 2.20. The van der Waals surface area contributed by atoms with Crippen LogP contribution in [0.25, 0.3) is 10.9 Å². The monoisotopic (exact) mass is 559 g/mol. The molecule has 10 heteroatoms. The van der Waals surface area contributed by atoms with E-state index in [0.29, 0.717) is 23.5 Å². The zero-order chi connectivity index (χ0) is 28.8. The fraction of sp³-hybridized carbons (Fsp3) is 0.267. The van der Waals surface area contributed by atoms with Crippen molar-refractivity contribution in [3.63, 3.8) is 0 Å². The number of sulfonamides is 1. The quantitative estimate of drug-likeness (QED) is 0.197. The maximum absolute atomic E-state index is 12.7. The van der Waals surface area contributed by atoms with Gasteiger partial charge in [-0.25, -0.2) is 8.42 Å². The maximum atomic E-state index is 12.7. The zero-order valence-electron chi connectivity index (χ0n) is 22.5. The topological polar surface area (TPSA) is 136 Å². The number of aromatic nitrogens is 1. The van der Waals surface area contributed by atoms with Crippen molar-refractivity contribution < 1.29 is 18.3 Å². The van der Waals surface area contributed by atoms with Crippen molar-refractivity contribution in [2.24, 2.45) is 0 Å². The van der Waals surface area contributed by atoms with Crippen molar-refractivity contribution in [3.05, 3.63) is 90.6 Å². The first-order valence-electron chi connectivity index (χ1n) is 12.9. The molecule has 0 saturated heterocycles. The van der Waals surface area contributed by atoms with E-state index in [2.05, 4.69) is 33.8 Å². The van der Waals surface area contributed by atoms with Crippen molar-refractivity contribution in [2.75, 3.05) is 16.6 Å². The van der Waals surface area contributed by atoms with Crippen molar-refractivity contribution in [3.8, 4) is 6.07 Å². The fourth-order valence-electron chi connectivity index (χ4n) is 4.35. The van der Waals surface area contributed by atoms with Crippen molar-refractivity contribution >= 4 is 38.2 Å². The number of nitrogens with zero attached hydrogens (tertiary/aromatic N) is 2. The van der Waals surface area contributed by atoms with Gasteiger partial charge >= 0.3 is 0 Å². The van der Waals surface area contributed by atoms with Gasteiger partial charge in [-0.15, -0.1) is 0 Å². The molecule has 1 unspecified atom stereocenters. The molecule has 0 aliphatic rings. The average molecular weight is 560 g/mol. The van der Waals surface area contributed by atoms with Crippen LogP contribution < -0.4 is 15.4 Å². The van der Waals surface area contributed by atoms with Gasteiger partial charge in [0, 0.05) is 47.1 Å². The standard InChI is InChI=1S/C30H33N5O4S/c1-30(2,15-18-35-17-14-22-19-24(11-12-27(22)35)33-29(37)13-16-31)32-21-28(36)23-7-6-8-25(20-23)34-40(38,39)26-9-4-3-5-10-26/h3-12,14,17,19-20,28,32,34,36H,13,15,18,21H2,1-2H3,(H,33,37). The summed E-state index contributed by atoms with van der Waals surface area (Å²) in [6.45, 7) is 5.16. The Bertz CT molecular complexity index is 1620. The molecular formula is C30H33N5O4S. The van der Waals surface area contributed by atoms with E-state index in [1.165, 1.54) is 12.1 Å². The van der Waals surface area contributed by atoms with E-state index in [0.717, 1.165) is 23.9 Å². The van der Waals surface area contributed by atoms with Gasteiger partial charge in [0.2, 0.25) is 5.91 Å². The Balaban J connectivity index is 1.33. The van der Waals surface area contributed by atoms with Crippen LogP contribution in [0.2, 0.25) is 0 Å². The SMILES string of the molecule is CC(C)(CCn1ccc2cc(NC(=O)CC#N)ccc21)NCC(O)c1cccc(NS(=O)(=O)c2ccccc2)c1. The van der Waals surface area contributed by atoms with E-state index in [4.69, 9.17) is 5.26 Å². The molecule has 1 heterocycles. The zero-order valence-corrected chi connectivity index (χ0v) is 23.3. The van der Waals surface area contributed by atoms with Crippen LogP contribution in [0.3, 0.4) is 0 Å². The number of benzene rings is 3. The largest absolute Gasteiger partial charge is 0.387 e. The average Bonchev–Trinajstić information content (AvgIpc) is 3.33. The second kappa shape index (κ2) is 12.3. The van der Waals surface area contributed by atoms with E-state index < -0.39 is 16.1 Å². The number of hydrogen-bond acceptors (Lipinski definition) is 6. The van der Waals surface area contributed by atoms with Gasteiger partial charge in [0.15, 0.2) is 0 Å². The number of rotatable bonds is 12. The molecule has 0 spiro atoms. The summed E-state index contributed by atoms with van der Waals surface area (Å²) in [6, 6.07) is 24.4. The highest BCUT2D eigenvalue weighted by molar-refractivity contribution is 7.92. The van der Waals surface area contributed by atoms with Crippen LogP contribution in [0.5, 0.6) is 0 Å². The lowest BCUT2D eigenvalue weighted by Crippen LogP contribution is -2.42. The first-order chi connectivity index (χ1) is 19.1. The number of hydrogen-bond donors (Lipinski definition) is 4. The van der Waals surface area contributed by atoms with Crippen molar-refractivity contribution in [1.82, 2.24) is 9.88 Å². The molecule has 4 N–H and O–H groups in total. The number of nitrogens with one attached hydrogen (secondary N) is 3. The third-order valence-electron chi connectivity index (χ3n) is 6.62.